The van der Waals surface area contributed by atoms with Crippen molar-refractivity contribution in [2.75, 3.05) is 11.4 Å². The lowest BCUT2D eigenvalue weighted by molar-refractivity contribution is -0.137. The molecule has 0 aliphatic carbocycles. The molecule has 1 aromatic carbocycles. The smallest absolute Gasteiger partial charge is 0.326 e. The van der Waals surface area contributed by atoms with E-state index in [9.17, 15) is 18.0 Å². The third-order valence-corrected chi connectivity index (χ3v) is 2.64. The van der Waals surface area contributed by atoms with Crippen molar-refractivity contribution in [3.05, 3.63) is 29.8 Å². The van der Waals surface area contributed by atoms with Crippen LogP contribution in [0.25, 0.3) is 0 Å². The van der Waals surface area contributed by atoms with Crippen molar-refractivity contribution in [3.8, 4) is 0 Å². The van der Waals surface area contributed by atoms with Gasteiger partial charge in [0, 0.05) is 24.7 Å². The largest absolute Gasteiger partial charge is 0.416 e. The Kier molecular flexibility index (Phi) is 4.24. The van der Waals surface area contributed by atoms with Crippen LogP contribution in [0.1, 0.15) is 12.0 Å². The fraction of sp³-hybridized carbons (Fsp3) is 0.364. The number of anilines is 1. The van der Waals surface area contributed by atoms with E-state index in [2.05, 4.69) is 0 Å². The SMILES string of the molecule is Cl.NC1CC(=O)N(c2cccc(C(F)(F)F)c2)C1. The molecule has 2 rings (SSSR count). The van der Waals surface area contributed by atoms with Crippen LogP contribution in [0.15, 0.2) is 24.3 Å². The molecule has 0 bridgehead atoms. The second kappa shape index (κ2) is 5.16. The van der Waals surface area contributed by atoms with Gasteiger partial charge in [0.15, 0.2) is 0 Å². The maximum atomic E-state index is 12.5. The normalized spacial score (nSPS) is 19.9. The van der Waals surface area contributed by atoms with Gasteiger partial charge in [0.05, 0.1) is 5.56 Å². The standard InChI is InChI=1S/C11H11F3N2O.ClH/c12-11(13,14)7-2-1-3-9(4-7)16-6-8(15)5-10(16)17;/h1-4,8H,5-6,15H2;1H. The summed E-state index contributed by atoms with van der Waals surface area (Å²) in [5.74, 6) is -0.239. The molecule has 1 aromatic rings. The van der Waals surface area contributed by atoms with Crippen molar-refractivity contribution >= 4 is 24.0 Å². The molecule has 7 heteroatoms. The Bertz CT molecular complexity index is 450. The third kappa shape index (κ3) is 2.94. The Morgan fingerprint density at radius 3 is 2.50 bits per heavy atom. The highest BCUT2D eigenvalue weighted by Crippen LogP contribution is 2.32. The van der Waals surface area contributed by atoms with Crippen molar-refractivity contribution in [3.63, 3.8) is 0 Å². The number of alkyl halides is 3. The average molecular weight is 281 g/mol. The fourth-order valence-electron chi connectivity index (χ4n) is 1.83. The minimum absolute atomic E-state index is 0. The van der Waals surface area contributed by atoms with Gasteiger partial charge in [-0.25, -0.2) is 0 Å². The van der Waals surface area contributed by atoms with Gasteiger partial charge in [-0.3, -0.25) is 4.79 Å². The maximum Gasteiger partial charge on any atom is 0.416 e. The first-order chi connectivity index (χ1) is 7.88. The number of rotatable bonds is 1. The second-order valence-electron chi connectivity index (χ2n) is 4.02. The number of halogens is 4. The zero-order chi connectivity index (χ0) is 12.6. The Balaban J connectivity index is 0.00000162. The van der Waals surface area contributed by atoms with Crippen LogP contribution in [0, 0.1) is 0 Å². The van der Waals surface area contributed by atoms with E-state index in [4.69, 9.17) is 5.73 Å². The molecule has 1 atom stereocenters. The molecule has 1 fully saturated rings. The van der Waals surface area contributed by atoms with Gasteiger partial charge >= 0.3 is 6.18 Å². The molecule has 0 radical (unpaired) electrons. The summed E-state index contributed by atoms with van der Waals surface area (Å²) < 4.78 is 37.5. The molecule has 18 heavy (non-hydrogen) atoms. The molecule has 0 aromatic heterocycles. The summed E-state index contributed by atoms with van der Waals surface area (Å²) in [5, 5.41) is 0. The van der Waals surface area contributed by atoms with Crippen LogP contribution in [0.4, 0.5) is 18.9 Å². The molecule has 100 valence electrons. The van der Waals surface area contributed by atoms with Crippen molar-refractivity contribution in [2.24, 2.45) is 5.73 Å². The number of nitrogens with two attached hydrogens (primary N) is 1. The second-order valence-corrected chi connectivity index (χ2v) is 4.02. The summed E-state index contributed by atoms with van der Waals surface area (Å²) in [4.78, 5) is 12.8. The molecule has 1 amide bonds. The number of hydrogen-bond acceptors (Lipinski definition) is 2. The van der Waals surface area contributed by atoms with Crippen molar-refractivity contribution in [2.45, 2.75) is 18.6 Å². The minimum Gasteiger partial charge on any atom is -0.326 e. The Hall–Kier alpha value is -1.27. The molecule has 3 nitrogen and oxygen atoms in total. The minimum atomic E-state index is -4.40. The lowest BCUT2D eigenvalue weighted by atomic mass is 10.2. The first-order valence-electron chi connectivity index (χ1n) is 5.11. The first-order valence-corrected chi connectivity index (χ1v) is 5.11. The molecule has 1 saturated heterocycles. The fourth-order valence-corrected chi connectivity index (χ4v) is 1.83. The Morgan fingerprint density at radius 1 is 1.33 bits per heavy atom. The van der Waals surface area contributed by atoms with E-state index in [1.165, 1.54) is 17.0 Å². The van der Waals surface area contributed by atoms with Crippen molar-refractivity contribution in [1.29, 1.82) is 0 Å². The first kappa shape index (κ1) is 14.8. The van der Waals surface area contributed by atoms with Crippen LogP contribution >= 0.6 is 12.4 Å². The summed E-state index contributed by atoms with van der Waals surface area (Å²) in [6, 6.07) is 4.40. The van der Waals surface area contributed by atoms with E-state index in [1.807, 2.05) is 0 Å². The molecule has 1 aliphatic heterocycles. The molecular formula is C11H12ClF3N2O. The zero-order valence-electron chi connectivity index (χ0n) is 9.28. The van der Waals surface area contributed by atoms with Crippen LogP contribution in [0.5, 0.6) is 0 Å². The van der Waals surface area contributed by atoms with Crippen LogP contribution in [0.2, 0.25) is 0 Å². The summed E-state index contributed by atoms with van der Waals surface area (Å²) in [7, 11) is 0. The monoisotopic (exact) mass is 280 g/mol. The van der Waals surface area contributed by atoms with Gasteiger partial charge in [0.2, 0.25) is 5.91 Å². The number of carbonyl (C=O) groups excluding carboxylic acids is 1. The predicted molar refractivity (Wildman–Crippen MR) is 63.6 cm³/mol. The van der Waals surface area contributed by atoms with E-state index in [0.29, 0.717) is 0 Å². The highest BCUT2D eigenvalue weighted by Gasteiger charge is 2.33. The van der Waals surface area contributed by atoms with Gasteiger partial charge in [-0.15, -0.1) is 12.4 Å². The zero-order valence-corrected chi connectivity index (χ0v) is 10.1. The van der Waals surface area contributed by atoms with Crippen molar-refractivity contribution in [1.82, 2.24) is 0 Å². The molecule has 0 saturated carbocycles. The maximum absolute atomic E-state index is 12.5. The lowest BCUT2D eigenvalue weighted by Gasteiger charge is -2.17. The van der Waals surface area contributed by atoms with Gasteiger partial charge < -0.3 is 10.6 Å². The number of amides is 1. The van der Waals surface area contributed by atoms with E-state index < -0.39 is 11.7 Å². The lowest BCUT2D eigenvalue weighted by Crippen LogP contribution is -2.28. The summed E-state index contributed by atoms with van der Waals surface area (Å²) in [6.45, 7) is 0.264. The third-order valence-electron chi connectivity index (χ3n) is 2.64. The van der Waals surface area contributed by atoms with E-state index in [0.717, 1.165) is 12.1 Å². The Labute approximate surface area is 108 Å². The molecule has 2 N–H and O–H groups in total. The topological polar surface area (TPSA) is 46.3 Å². The van der Waals surface area contributed by atoms with Crippen LogP contribution in [-0.4, -0.2) is 18.5 Å². The number of benzene rings is 1. The van der Waals surface area contributed by atoms with Gasteiger partial charge in [0.1, 0.15) is 0 Å². The van der Waals surface area contributed by atoms with Gasteiger partial charge in [0.25, 0.3) is 0 Å². The number of hydrogen-bond donors (Lipinski definition) is 1. The highest BCUT2D eigenvalue weighted by atomic mass is 35.5. The quantitative estimate of drug-likeness (QED) is 0.857. The van der Waals surface area contributed by atoms with Crippen LogP contribution in [0.3, 0.4) is 0 Å². The summed E-state index contributed by atoms with van der Waals surface area (Å²) >= 11 is 0. The molecule has 0 spiro atoms. The van der Waals surface area contributed by atoms with E-state index >= 15 is 0 Å². The highest BCUT2D eigenvalue weighted by molar-refractivity contribution is 5.96. The van der Waals surface area contributed by atoms with Crippen molar-refractivity contribution < 1.29 is 18.0 Å². The molecular weight excluding hydrogens is 269 g/mol. The van der Waals surface area contributed by atoms with Gasteiger partial charge in [-0.05, 0) is 18.2 Å². The number of carbonyl (C=O) groups is 1. The molecule has 1 unspecified atom stereocenters. The van der Waals surface area contributed by atoms with Crippen LogP contribution in [-0.2, 0) is 11.0 Å². The Morgan fingerprint density at radius 2 is 2.00 bits per heavy atom. The average Bonchev–Trinajstić information content (AvgIpc) is 2.57. The van der Waals surface area contributed by atoms with Gasteiger partial charge in [-0.1, -0.05) is 6.07 Å². The summed E-state index contributed by atoms with van der Waals surface area (Å²) in [6.07, 6.45) is -4.23. The van der Waals surface area contributed by atoms with Crippen LogP contribution < -0.4 is 10.6 Å². The predicted octanol–water partition coefficient (Wildman–Crippen LogP) is 2.19. The molecule has 1 heterocycles. The molecule has 1 aliphatic rings. The number of nitrogens with zero attached hydrogens (tertiary/aromatic N) is 1. The summed E-state index contributed by atoms with van der Waals surface area (Å²) in [5.41, 5.74) is 5.08. The van der Waals surface area contributed by atoms with E-state index in [1.54, 1.807) is 0 Å². The van der Waals surface area contributed by atoms with Gasteiger partial charge in [-0.2, -0.15) is 13.2 Å². The van der Waals surface area contributed by atoms with E-state index in [-0.39, 0.29) is 43.0 Å².